The summed E-state index contributed by atoms with van der Waals surface area (Å²) in [5.41, 5.74) is 7.42. The lowest BCUT2D eigenvalue weighted by molar-refractivity contribution is -0.121. The molecule has 1 amide bonds. The predicted octanol–water partition coefficient (Wildman–Crippen LogP) is 4.66. The standard InChI is InChI=1S/C27H25Cl2N5O4/c1-3-4-22(23(35)9-16-5-7-20(27(30)37)31-12-16)34-13-24(38-2)19(11-26(34)36)18-10-17(28)6-8-21(18)33-14-25(29)32-15-33/h5-8,10-15,22H,3-4,9H2,1-2H3,(H2,30,37). The zero-order chi connectivity index (χ0) is 27.4. The van der Waals surface area contributed by atoms with E-state index in [1.165, 1.54) is 30.0 Å². The van der Waals surface area contributed by atoms with Gasteiger partial charge in [-0.1, -0.05) is 42.6 Å². The Labute approximate surface area is 228 Å². The van der Waals surface area contributed by atoms with E-state index < -0.39 is 11.9 Å². The molecule has 3 heterocycles. The Hall–Kier alpha value is -3.95. The van der Waals surface area contributed by atoms with Gasteiger partial charge in [0.15, 0.2) is 5.78 Å². The Bertz CT molecular complexity index is 1550. The van der Waals surface area contributed by atoms with Crippen molar-refractivity contribution in [2.75, 3.05) is 7.11 Å². The summed E-state index contributed by atoms with van der Waals surface area (Å²) in [4.78, 5) is 46.1. The lowest BCUT2D eigenvalue weighted by atomic mass is 9.99. The fourth-order valence-corrected chi connectivity index (χ4v) is 4.57. The number of primary amides is 1. The van der Waals surface area contributed by atoms with E-state index in [2.05, 4.69) is 9.97 Å². The number of halogens is 2. The highest BCUT2D eigenvalue weighted by molar-refractivity contribution is 6.31. The van der Waals surface area contributed by atoms with Crippen LogP contribution < -0.4 is 16.0 Å². The van der Waals surface area contributed by atoms with Crippen molar-refractivity contribution >= 4 is 34.9 Å². The Morgan fingerprint density at radius 1 is 1.08 bits per heavy atom. The number of methoxy groups -OCH3 is 1. The number of pyridine rings is 2. The molecule has 38 heavy (non-hydrogen) atoms. The summed E-state index contributed by atoms with van der Waals surface area (Å²) in [6.07, 6.45) is 7.35. The summed E-state index contributed by atoms with van der Waals surface area (Å²) < 4.78 is 8.80. The molecule has 9 nitrogen and oxygen atoms in total. The van der Waals surface area contributed by atoms with Crippen molar-refractivity contribution < 1.29 is 14.3 Å². The fourth-order valence-electron chi connectivity index (χ4n) is 4.25. The smallest absolute Gasteiger partial charge is 0.267 e. The molecule has 0 saturated carbocycles. The molecule has 0 fully saturated rings. The summed E-state index contributed by atoms with van der Waals surface area (Å²) >= 11 is 12.3. The maximum atomic E-state index is 13.4. The SMILES string of the molecule is CCCC(C(=O)Cc1ccc(C(N)=O)nc1)n1cc(OC)c(-c2cc(Cl)ccc2-n2cnc(Cl)c2)cc1=O. The van der Waals surface area contributed by atoms with Crippen LogP contribution in [0.15, 0.2) is 66.1 Å². The quantitative estimate of drug-likeness (QED) is 0.304. The van der Waals surface area contributed by atoms with E-state index in [0.29, 0.717) is 51.1 Å². The molecule has 0 bridgehead atoms. The van der Waals surface area contributed by atoms with Crippen molar-refractivity contribution in [1.82, 2.24) is 19.1 Å². The second-order valence-electron chi connectivity index (χ2n) is 8.63. The first-order valence-electron chi connectivity index (χ1n) is 11.8. The molecule has 1 aromatic carbocycles. The highest BCUT2D eigenvalue weighted by Gasteiger charge is 2.24. The van der Waals surface area contributed by atoms with E-state index in [1.807, 2.05) is 6.92 Å². The first-order valence-corrected chi connectivity index (χ1v) is 12.5. The number of hydrogen-bond donors (Lipinski definition) is 1. The number of nitrogens with zero attached hydrogens (tertiary/aromatic N) is 4. The molecule has 1 atom stereocenters. The van der Waals surface area contributed by atoms with Gasteiger partial charge in [0.1, 0.15) is 22.9 Å². The van der Waals surface area contributed by atoms with Crippen molar-refractivity contribution in [2.24, 2.45) is 5.73 Å². The Balaban J connectivity index is 1.74. The van der Waals surface area contributed by atoms with Crippen LogP contribution in [0.4, 0.5) is 0 Å². The van der Waals surface area contributed by atoms with Gasteiger partial charge < -0.3 is 19.6 Å². The topological polar surface area (TPSA) is 122 Å². The van der Waals surface area contributed by atoms with Crippen LogP contribution in [0.5, 0.6) is 5.75 Å². The number of amides is 1. The molecule has 4 aromatic rings. The van der Waals surface area contributed by atoms with Gasteiger partial charge >= 0.3 is 0 Å². The summed E-state index contributed by atoms with van der Waals surface area (Å²) in [6.45, 7) is 1.94. The van der Waals surface area contributed by atoms with Crippen molar-refractivity contribution in [1.29, 1.82) is 0 Å². The van der Waals surface area contributed by atoms with E-state index in [9.17, 15) is 14.4 Å². The van der Waals surface area contributed by atoms with Gasteiger partial charge in [0.2, 0.25) is 0 Å². The lowest BCUT2D eigenvalue weighted by Crippen LogP contribution is -2.30. The van der Waals surface area contributed by atoms with Crippen molar-refractivity contribution in [3.05, 3.63) is 93.1 Å². The molecule has 3 aromatic heterocycles. The van der Waals surface area contributed by atoms with Gasteiger partial charge in [-0.2, -0.15) is 0 Å². The number of aromatic nitrogens is 4. The second kappa shape index (κ2) is 11.6. The van der Waals surface area contributed by atoms with Gasteiger partial charge in [0.25, 0.3) is 11.5 Å². The number of imidazole rings is 1. The number of carbonyl (C=O) groups is 2. The van der Waals surface area contributed by atoms with Crippen LogP contribution in [0.2, 0.25) is 10.2 Å². The van der Waals surface area contributed by atoms with Crippen LogP contribution in [-0.4, -0.2) is 37.9 Å². The average Bonchev–Trinajstić information content (AvgIpc) is 3.33. The summed E-state index contributed by atoms with van der Waals surface area (Å²) in [7, 11) is 1.49. The average molecular weight is 554 g/mol. The molecule has 0 aliphatic heterocycles. The van der Waals surface area contributed by atoms with Crippen LogP contribution in [-0.2, 0) is 11.2 Å². The van der Waals surface area contributed by atoms with E-state index >= 15 is 0 Å². The maximum absolute atomic E-state index is 13.4. The molecular weight excluding hydrogens is 529 g/mol. The van der Waals surface area contributed by atoms with Gasteiger partial charge in [-0.25, -0.2) is 4.98 Å². The molecule has 0 aliphatic rings. The molecule has 4 rings (SSSR count). The van der Waals surface area contributed by atoms with E-state index in [-0.39, 0.29) is 23.5 Å². The summed E-state index contributed by atoms with van der Waals surface area (Å²) in [6, 6.07) is 9.06. The number of ether oxygens (including phenoxy) is 1. The maximum Gasteiger partial charge on any atom is 0.267 e. The zero-order valence-corrected chi connectivity index (χ0v) is 22.2. The fraction of sp³-hybridized carbons (Fsp3) is 0.222. The third kappa shape index (κ3) is 5.79. The normalized spacial score (nSPS) is 11.8. The Kier molecular flexibility index (Phi) is 8.29. The third-order valence-corrected chi connectivity index (χ3v) is 6.50. The molecule has 0 radical (unpaired) electrons. The van der Waals surface area contributed by atoms with Crippen LogP contribution in [0.1, 0.15) is 41.9 Å². The predicted molar refractivity (Wildman–Crippen MR) is 145 cm³/mol. The number of ketones is 1. The molecule has 196 valence electrons. The van der Waals surface area contributed by atoms with Crippen molar-refractivity contribution in [3.8, 4) is 22.6 Å². The number of hydrogen-bond acceptors (Lipinski definition) is 6. The highest BCUT2D eigenvalue weighted by Crippen LogP contribution is 2.36. The molecule has 2 N–H and O–H groups in total. The summed E-state index contributed by atoms with van der Waals surface area (Å²) in [5.74, 6) is -0.431. The minimum Gasteiger partial charge on any atom is -0.495 e. The molecular formula is C27H25Cl2N5O4. The minimum absolute atomic E-state index is 0.0348. The second-order valence-corrected chi connectivity index (χ2v) is 9.45. The molecule has 1 unspecified atom stereocenters. The van der Waals surface area contributed by atoms with Gasteiger partial charge in [-0.05, 0) is 36.2 Å². The number of Topliss-reactive ketones (excluding diaryl/α,β-unsaturated/α-hetero) is 1. The first kappa shape index (κ1) is 27.1. The van der Waals surface area contributed by atoms with Crippen LogP contribution in [0.25, 0.3) is 16.8 Å². The largest absolute Gasteiger partial charge is 0.495 e. The van der Waals surface area contributed by atoms with E-state index in [4.69, 9.17) is 33.7 Å². The number of benzene rings is 1. The Morgan fingerprint density at radius 2 is 1.87 bits per heavy atom. The lowest BCUT2D eigenvalue weighted by Gasteiger charge is -2.21. The van der Waals surface area contributed by atoms with E-state index in [0.717, 1.165) is 0 Å². The molecule has 0 spiro atoms. The van der Waals surface area contributed by atoms with Crippen molar-refractivity contribution in [3.63, 3.8) is 0 Å². The highest BCUT2D eigenvalue weighted by atomic mass is 35.5. The number of rotatable bonds is 10. The van der Waals surface area contributed by atoms with Crippen LogP contribution in [0.3, 0.4) is 0 Å². The van der Waals surface area contributed by atoms with Gasteiger partial charge in [-0.3, -0.25) is 19.4 Å². The minimum atomic E-state index is -0.724. The molecule has 0 saturated heterocycles. The monoisotopic (exact) mass is 553 g/mol. The molecule has 0 aliphatic carbocycles. The van der Waals surface area contributed by atoms with Gasteiger partial charge in [-0.15, -0.1) is 0 Å². The number of carbonyl (C=O) groups excluding carboxylic acids is 2. The van der Waals surface area contributed by atoms with Gasteiger partial charge in [0.05, 0.1) is 25.0 Å². The first-order chi connectivity index (χ1) is 18.2. The van der Waals surface area contributed by atoms with E-state index in [1.54, 1.807) is 47.6 Å². The molecule has 11 heteroatoms. The zero-order valence-electron chi connectivity index (χ0n) is 20.7. The van der Waals surface area contributed by atoms with Gasteiger partial charge in [0, 0.05) is 41.0 Å². The third-order valence-electron chi connectivity index (χ3n) is 6.07. The summed E-state index contributed by atoms with van der Waals surface area (Å²) in [5, 5.41) is 0.782. The van der Waals surface area contributed by atoms with Crippen LogP contribution >= 0.6 is 23.2 Å². The Morgan fingerprint density at radius 3 is 2.47 bits per heavy atom. The van der Waals surface area contributed by atoms with Crippen LogP contribution in [0, 0.1) is 0 Å². The van der Waals surface area contributed by atoms with Crippen molar-refractivity contribution in [2.45, 2.75) is 32.2 Å². The number of nitrogens with two attached hydrogens (primary N) is 1.